The van der Waals surface area contributed by atoms with Gasteiger partial charge in [-0.2, -0.15) is 0 Å². The number of thioether (sulfide) groups is 1. The van der Waals surface area contributed by atoms with Crippen LogP contribution >= 0.6 is 11.8 Å². The number of nitrogens with zero attached hydrogens (tertiary/aromatic N) is 1. The van der Waals surface area contributed by atoms with Gasteiger partial charge < -0.3 is 15.2 Å². The van der Waals surface area contributed by atoms with Gasteiger partial charge in [0.05, 0.1) is 19.8 Å². The second-order valence-electron chi connectivity index (χ2n) is 3.84. The molecule has 0 aromatic carbocycles. The van der Waals surface area contributed by atoms with Crippen LogP contribution in [0.4, 0.5) is 0 Å². The zero-order valence-electron chi connectivity index (χ0n) is 10.7. The second kappa shape index (κ2) is 8.18. The topological polar surface area (TPSA) is 64.8 Å². The highest BCUT2D eigenvalue weighted by atomic mass is 32.2. The van der Waals surface area contributed by atoms with Gasteiger partial charge in [0.1, 0.15) is 5.70 Å². The zero-order chi connectivity index (χ0) is 13.4. The van der Waals surface area contributed by atoms with Gasteiger partial charge in [-0.15, -0.1) is 0 Å². The second-order valence-corrected chi connectivity index (χ2v) is 4.89. The fourth-order valence-corrected chi connectivity index (χ4v) is 2.10. The summed E-state index contributed by atoms with van der Waals surface area (Å²) in [6, 6.07) is 0. The van der Waals surface area contributed by atoms with Gasteiger partial charge in [0.25, 0.3) is 0 Å². The zero-order valence-corrected chi connectivity index (χ0v) is 11.5. The Labute approximate surface area is 112 Å². The molecule has 0 unspecified atom stereocenters. The predicted molar refractivity (Wildman–Crippen MR) is 72.9 cm³/mol. The Hall–Kier alpha value is -0.980. The van der Waals surface area contributed by atoms with Crippen LogP contribution in [0.3, 0.4) is 0 Å². The first-order valence-electron chi connectivity index (χ1n) is 5.90. The molecule has 1 rings (SSSR count). The molecule has 0 spiro atoms. The van der Waals surface area contributed by atoms with E-state index in [1.165, 1.54) is 11.8 Å². The highest BCUT2D eigenvalue weighted by molar-refractivity contribution is 8.05. The first-order chi connectivity index (χ1) is 8.63. The molecule has 6 heteroatoms. The van der Waals surface area contributed by atoms with E-state index in [-0.39, 0.29) is 5.70 Å². The summed E-state index contributed by atoms with van der Waals surface area (Å²) >= 11 is 1.37. The van der Waals surface area contributed by atoms with Crippen molar-refractivity contribution in [3.05, 3.63) is 22.6 Å². The van der Waals surface area contributed by atoms with E-state index < -0.39 is 5.97 Å². The smallest absolute Gasteiger partial charge is 0.354 e. The average molecular weight is 272 g/mol. The molecular weight excluding hydrogens is 252 g/mol. The summed E-state index contributed by atoms with van der Waals surface area (Å²) in [6.07, 6.45) is 0. The molecule has 1 saturated heterocycles. The molecule has 18 heavy (non-hydrogen) atoms. The molecule has 2 N–H and O–H groups in total. The fraction of sp³-hybridized carbons (Fsp3) is 0.583. The van der Waals surface area contributed by atoms with Crippen LogP contribution < -0.4 is 5.73 Å². The van der Waals surface area contributed by atoms with Gasteiger partial charge in [-0.3, -0.25) is 4.90 Å². The van der Waals surface area contributed by atoms with E-state index in [1.807, 2.05) is 0 Å². The van der Waals surface area contributed by atoms with Gasteiger partial charge in [0.2, 0.25) is 0 Å². The molecule has 0 aromatic heterocycles. The Morgan fingerprint density at radius 2 is 2.22 bits per heavy atom. The van der Waals surface area contributed by atoms with Crippen molar-refractivity contribution in [2.75, 3.05) is 39.5 Å². The van der Waals surface area contributed by atoms with Crippen LogP contribution in [0.15, 0.2) is 22.6 Å². The molecule has 102 valence electrons. The van der Waals surface area contributed by atoms with E-state index >= 15 is 0 Å². The number of morpholine rings is 1. The molecule has 1 fully saturated rings. The number of carbonyl (C=O) groups excluding carboxylic acids is 1. The van der Waals surface area contributed by atoms with Gasteiger partial charge >= 0.3 is 5.97 Å². The summed E-state index contributed by atoms with van der Waals surface area (Å²) in [4.78, 5) is 14.5. The number of carbonyl (C=O) groups is 1. The standard InChI is InChI=1S/C12H20N2O3S/c1-3-17-12(15)11(13)9-18-10(2)8-14-4-6-16-7-5-14/h9H,2-8,13H2,1H3/b11-9-. The number of hydrogen-bond acceptors (Lipinski definition) is 6. The third-order valence-electron chi connectivity index (χ3n) is 2.37. The van der Waals surface area contributed by atoms with Crippen LogP contribution in [0.5, 0.6) is 0 Å². The van der Waals surface area contributed by atoms with Crippen LogP contribution in [-0.4, -0.2) is 50.3 Å². The first-order valence-corrected chi connectivity index (χ1v) is 6.78. The van der Waals surface area contributed by atoms with E-state index in [1.54, 1.807) is 12.3 Å². The van der Waals surface area contributed by atoms with E-state index in [0.717, 1.165) is 37.8 Å². The minimum Gasteiger partial charge on any atom is -0.461 e. The summed E-state index contributed by atoms with van der Waals surface area (Å²) < 4.78 is 10.1. The van der Waals surface area contributed by atoms with Gasteiger partial charge in [-0.1, -0.05) is 18.3 Å². The first kappa shape index (κ1) is 15.1. The highest BCUT2D eigenvalue weighted by Crippen LogP contribution is 2.18. The lowest BCUT2D eigenvalue weighted by molar-refractivity contribution is -0.138. The Bertz CT molecular complexity index is 325. The average Bonchev–Trinajstić information content (AvgIpc) is 2.37. The fourth-order valence-electron chi connectivity index (χ4n) is 1.46. The summed E-state index contributed by atoms with van der Waals surface area (Å²) in [5.74, 6) is -0.482. The van der Waals surface area contributed by atoms with Crippen LogP contribution in [0.2, 0.25) is 0 Å². The maximum atomic E-state index is 11.3. The SMILES string of the molecule is C=C(CN1CCOCC1)S/C=C(\N)C(=O)OCC. The Kier molecular flexibility index (Phi) is 6.85. The Balaban J connectivity index is 2.30. The van der Waals surface area contributed by atoms with Crippen molar-refractivity contribution in [3.63, 3.8) is 0 Å². The molecule has 5 nitrogen and oxygen atoms in total. The molecule has 0 amide bonds. The van der Waals surface area contributed by atoms with Crippen molar-refractivity contribution in [1.82, 2.24) is 4.90 Å². The quantitative estimate of drug-likeness (QED) is 0.573. The van der Waals surface area contributed by atoms with Gasteiger partial charge in [-0.25, -0.2) is 4.79 Å². The predicted octanol–water partition coefficient (Wildman–Crippen LogP) is 0.929. The van der Waals surface area contributed by atoms with Gasteiger partial charge in [-0.05, 0) is 11.8 Å². The van der Waals surface area contributed by atoms with Crippen LogP contribution in [0, 0.1) is 0 Å². The highest BCUT2D eigenvalue weighted by Gasteiger charge is 2.11. The molecule has 0 aromatic rings. The summed E-state index contributed by atoms with van der Waals surface area (Å²) in [7, 11) is 0. The molecule has 1 aliphatic heterocycles. The maximum absolute atomic E-state index is 11.3. The van der Waals surface area contributed by atoms with Crippen molar-refractivity contribution in [3.8, 4) is 0 Å². The third-order valence-corrected chi connectivity index (χ3v) is 3.20. The number of esters is 1. The largest absolute Gasteiger partial charge is 0.461 e. The van der Waals surface area contributed by atoms with Gasteiger partial charge in [0.15, 0.2) is 0 Å². The van der Waals surface area contributed by atoms with Gasteiger partial charge in [0, 0.05) is 25.0 Å². The molecule has 1 aliphatic rings. The van der Waals surface area contributed by atoms with E-state index in [2.05, 4.69) is 11.5 Å². The lowest BCUT2D eigenvalue weighted by atomic mass is 10.4. The van der Waals surface area contributed by atoms with E-state index in [4.69, 9.17) is 15.2 Å². The molecule has 0 radical (unpaired) electrons. The summed E-state index contributed by atoms with van der Waals surface area (Å²) in [5, 5.41) is 1.58. The lowest BCUT2D eigenvalue weighted by Gasteiger charge is -2.26. The van der Waals surface area contributed by atoms with Crippen LogP contribution in [-0.2, 0) is 14.3 Å². The van der Waals surface area contributed by atoms with Crippen molar-refractivity contribution in [1.29, 1.82) is 0 Å². The molecule has 0 atom stereocenters. The normalized spacial score (nSPS) is 17.5. The van der Waals surface area contributed by atoms with Crippen LogP contribution in [0.25, 0.3) is 0 Å². The number of hydrogen-bond donors (Lipinski definition) is 1. The van der Waals surface area contributed by atoms with Crippen molar-refractivity contribution in [2.45, 2.75) is 6.92 Å². The molecule has 0 bridgehead atoms. The number of rotatable bonds is 6. The molecule has 0 aliphatic carbocycles. The molecule has 1 heterocycles. The molecule has 0 saturated carbocycles. The number of ether oxygens (including phenoxy) is 2. The minimum absolute atomic E-state index is 0.116. The summed E-state index contributed by atoms with van der Waals surface area (Å²) in [5.41, 5.74) is 5.69. The maximum Gasteiger partial charge on any atom is 0.354 e. The Morgan fingerprint density at radius 3 is 2.83 bits per heavy atom. The molecular formula is C12H20N2O3S. The van der Waals surface area contributed by atoms with Crippen LogP contribution in [0.1, 0.15) is 6.92 Å². The van der Waals surface area contributed by atoms with E-state index in [0.29, 0.717) is 6.61 Å². The number of nitrogens with two attached hydrogens (primary N) is 1. The van der Waals surface area contributed by atoms with Crippen molar-refractivity contribution < 1.29 is 14.3 Å². The summed E-state index contributed by atoms with van der Waals surface area (Å²) in [6.45, 7) is 10.2. The third kappa shape index (κ3) is 5.57. The monoisotopic (exact) mass is 272 g/mol. The van der Waals surface area contributed by atoms with Crippen molar-refractivity contribution >= 4 is 17.7 Å². The van der Waals surface area contributed by atoms with Crippen molar-refractivity contribution in [2.24, 2.45) is 5.73 Å². The van der Waals surface area contributed by atoms with E-state index in [9.17, 15) is 4.79 Å². The lowest BCUT2D eigenvalue weighted by Crippen LogP contribution is -2.37. The Morgan fingerprint density at radius 1 is 1.56 bits per heavy atom. The minimum atomic E-state index is -0.482.